The van der Waals surface area contributed by atoms with Gasteiger partial charge >= 0.3 is 0 Å². The van der Waals surface area contributed by atoms with Crippen LogP contribution in [-0.2, 0) is 6.54 Å². The first-order chi connectivity index (χ1) is 9.78. The minimum absolute atomic E-state index is 0.397. The summed E-state index contributed by atoms with van der Waals surface area (Å²) in [5.74, 6) is 0. The van der Waals surface area contributed by atoms with Gasteiger partial charge in [-0.2, -0.15) is 5.10 Å². The normalized spacial score (nSPS) is 10.7. The van der Waals surface area contributed by atoms with Gasteiger partial charge in [-0.15, -0.1) is 0 Å². The van der Waals surface area contributed by atoms with Crippen LogP contribution in [0.4, 0.5) is 0 Å². The van der Waals surface area contributed by atoms with Gasteiger partial charge in [-0.1, -0.05) is 11.6 Å². The van der Waals surface area contributed by atoms with E-state index in [9.17, 15) is 0 Å². The zero-order valence-corrected chi connectivity index (χ0v) is 11.5. The number of benzene rings is 1. The fourth-order valence-electron chi connectivity index (χ4n) is 2.03. The van der Waals surface area contributed by atoms with Crippen molar-refractivity contribution in [3.63, 3.8) is 0 Å². The molecule has 2 heterocycles. The Labute approximate surface area is 121 Å². The number of halogens is 1. The maximum Gasteiger partial charge on any atom is 0.0771 e. The molecule has 3 rings (SSSR count). The van der Waals surface area contributed by atoms with Crippen LogP contribution in [0, 0.1) is 0 Å². The van der Waals surface area contributed by atoms with Crippen LogP contribution in [0.3, 0.4) is 0 Å². The maximum atomic E-state index is 5.93. The molecule has 100 valence electrons. The minimum Gasteiger partial charge on any atom is -0.325 e. The van der Waals surface area contributed by atoms with Crippen LogP contribution in [0.5, 0.6) is 0 Å². The molecule has 0 bridgehead atoms. The Balaban J connectivity index is 2.15. The molecule has 0 radical (unpaired) electrons. The van der Waals surface area contributed by atoms with E-state index < -0.39 is 0 Å². The van der Waals surface area contributed by atoms with Gasteiger partial charge in [-0.3, -0.25) is 4.98 Å². The van der Waals surface area contributed by atoms with Gasteiger partial charge < -0.3 is 5.73 Å². The molecule has 0 amide bonds. The van der Waals surface area contributed by atoms with E-state index in [-0.39, 0.29) is 0 Å². The van der Waals surface area contributed by atoms with Gasteiger partial charge in [0.05, 0.1) is 17.1 Å². The number of nitrogens with two attached hydrogens (primary N) is 1. The molecule has 5 heteroatoms. The van der Waals surface area contributed by atoms with E-state index >= 15 is 0 Å². The summed E-state index contributed by atoms with van der Waals surface area (Å²) in [4.78, 5) is 4.15. The quantitative estimate of drug-likeness (QED) is 0.804. The Morgan fingerprint density at radius 3 is 2.60 bits per heavy atom. The molecule has 4 nitrogen and oxygen atoms in total. The third-order valence-corrected chi connectivity index (χ3v) is 3.25. The lowest BCUT2D eigenvalue weighted by Crippen LogP contribution is -2.01. The molecule has 0 aliphatic rings. The molecule has 1 aromatic carbocycles. The highest BCUT2D eigenvalue weighted by Crippen LogP contribution is 2.24. The van der Waals surface area contributed by atoms with Gasteiger partial charge in [0.25, 0.3) is 0 Å². The van der Waals surface area contributed by atoms with E-state index in [2.05, 4.69) is 10.1 Å². The van der Waals surface area contributed by atoms with Gasteiger partial charge in [0.15, 0.2) is 0 Å². The average molecular weight is 285 g/mol. The number of nitrogens with zero attached hydrogens (tertiary/aromatic N) is 3. The van der Waals surface area contributed by atoms with Crippen LogP contribution >= 0.6 is 11.6 Å². The van der Waals surface area contributed by atoms with Gasteiger partial charge in [0.1, 0.15) is 0 Å². The van der Waals surface area contributed by atoms with Crippen LogP contribution in [0.25, 0.3) is 16.9 Å². The van der Waals surface area contributed by atoms with Crippen molar-refractivity contribution in [2.75, 3.05) is 0 Å². The van der Waals surface area contributed by atoms with E-state index in [1.54, 1.807) is 6.20 Å². The molecular formula is C15H13ClN4. The van der Waals surface area contributed by atoms with Crippen molar-refractivity contribution in [1.82, 2.24) is 14.8 Å². The predicted molar refractivity (Wildman–Crippen MR) is 79.7 cm³/mol. The maximum absolute atomic E-state index is 5.93. The third kappa shape index (κ3) is 2.43. The highest BCUT2D eigenvalue weighted by Gasteiger charge is 2.11. The second-order valence-electron chi connectivity index (χ2n) is 4.35. The smallest absolute Gasteiger partial charge is 0.0771 e. The molecule has 0 spiro atoms. The lowest BCUT2D eigenvalue weighted by Gasteiger charge is -2.07. The summed E-state index contributed by atoms with van der Waals surface area (Å²) >= 11 is 5.93. The molecule has 2 aromatic heterocycles. The molecular weight excluding hydrogens is 272 g/mol. The summed E-state index contributed by atoms with van der Waals surface area (Å²) in [5.41, 5.74) is 9.42. The number of hydrogen-bond donors (Lipinski definition) is 1. The monoisotopic (exact) mass is 284 g/mol. The van der Waals surface area contributed by atoms with Gasteiger partial charge in [-0.05, 0) is 42.5 Å². The predicted octanol–water partition coefficient (Wildman–Crippen LogP) is 3.05. The standard InChI is InChI=1S/C15H13ClN4/c16-12-3-5-14(6-4-12)20-15(8-13(9-17)19-20)11-2-1-7-18-10-11/h1-8,10H,9,17H2. The number of aromatic nitrogens is 3. The first kappa shape index (κ1) is 12.8. The second-order valence-corrected chi connectivity index (χ2v) is 4.79. The lowest BCUT2D eigenvalue weighted by molar-refractivity contribution is 0.838. The van der Waals surface area contributed by atoms with Gasteiger partial charge in [0, 0.05) is 29.5 Å². The highest BCUT2D eigenvalue weighted by molar-refractivity contribution is 6.30. The molecule has 0 saturated heterocycles. The summed E-state index contributed by atoms with van der Waals surface area (Å²) < 4.78 is 1.86. The summed E-state index contributed by atoms with van der Waals surface area (Å²) in [6.07, 6.45) is 3.56. The average Bonchev–Trinajstić information content (AvgIpc) is 2.93. The highest BCUT2D eigenvalue weighted by atomic mass is 35.5. The molecule has 0 atom stereocenters. The van der Waals surface area contributed by atoms with Crippen LogP contribution in [0.1, 0.15) is 5.69 Å². The second kappa shape index (κ2) is 5.45. The molecule has 0 fully saturated rings. The molecule has 0 saturated carbocycles. The minimum atomic E-state index is 0.397. The van der Waals surface area contributed by atoms with Crippen molar-refractivity contribution in [2.24, 2.45) is 5.73 Å². The van der Waals surface area contributed by atoms with Crippen molar-refractivity contribution in [3.8, 4) is 16.9 Å². The summed E-state index contributed by atoms with van der Waals surface area (Å²) in [6.45, 7) is 0.397. The lowest BCUT2D eigenvalue weighted by atomic mass is 10.2. The topological polar surface area (TPSA) is 56.7 Å². The largest absolute Gasteiger partial charge is 0.325 e. The van der Waals surface area contributed by atoms with Crippen LogP contribution in [0.2, 0.25) is 5.02 Å². The molecule has 0 aliphatic carbocycles. The van der Waals surface area contributed by atoms with Crippen LogP contribution < -0.4 is 5.73 Å². The van der Waals surface area contributed by atoms with Gasteiger partial charge in [-0.25, -0.2) is 4.68 Å². The van der Waals surface area contributed by atoms with Gasteiger partial charge in [0.2, 0.25) is 0 Å². The number of pyridine rings is 1. The SMILES string of the molecule is NCc1cc(-c2cccnc2)n(-c2ccc(Cl)cc2)n1. The van der Waals surface area contributed by atoms with E-state index in [0.29, 0.717) is 11.6 Å². The van der Waals surface area contributed by atoms with Crippen molar-refractivity contribution in [2.45, 2.75) is 6.54 Å². The molecule has 2 N–H and O–H groups in total. The van der Waals surface area contributed by atoms with Crippen LogP contribution in [-0.4, -0.2) is 14.8 Å². The van der Waals surface area contributed by atoms with Crippen molar-refractivity contribution in [1.29, 1.82) is 0 Å². The Bertz CT molecular complexity index is 704. The van der Waals surface area contributed by atoms with E-state index in [0.717, 1.165) is 22.6 Å². The van der Waals surface area contributed by atoms with Crippen molar-refractivity contribution in [3.05, 3.63) is 65.6 Å². The molecule has 3 aromatic rings. The Morgan fingerprint density at radius 1 is 1.15 bits per heavy atom. The van der Waals surface area contributed by atoms with Crippen molar-refractivity contribution < 1.29 is 0 Å². The van der Waals surface area contributed by atoms with E-state index in [4.69, 9.17) is 17.3 Å². The zero-order valence-electron chi connectivity index (χ0n) is 10.7. The zero-order chi connectivity index (χ0) is 13.9. The summed E-state index contributed by atoms with van der Waals surface area (Å²) in [6, 6.07) is 13.4. The number of hydrogen-bond acceptors (Lipinski definition) is 3. The number of rotatable bonds is 3. The molecule has 0 unspecified atom stereocenters. The summed E-state index contributed by atoms with van der Waals surface area (Å²) in [7, 11) is 0. The molecule has 0 aliphatic heterocycles. The first-order valence-corrected chi connectivity index (χ1v) is 6.61. The third-order valence-electron chi connectivity index (χ3n) is 3.00. The first-order valence-electron chi connectivity index (χ1n) is 6.23. The van der Waals surface area contributed by atoms with Crippen molar-refractivity contribution >= 4 is 11.6 Å². The fourth-order valence-corrected chi connectivity index (χ4v) is 2.15. The fraction of sp³-hybridized carbons (Fsp3) is 0.0667. The Morgan fingerprint density at radius 2 is 1.95 bits per heavy atom. The van der Waals surface area contributed by atoms with Crippen LogP contribution in [0.15, 0.2) is 54.9 Å². The van der Waals surface area contributed by atoms with E-state index in [1.165, 1.54) is 0 Å². The summed E-state index contributed by atoms with van der Waals surface area (Å²) in [5, 5.41) is 5.22. The molecule has 20 heavy (non-hydrogen) atoms. The van der Waals surface area contributed by atoms with E-state index in [1.807, 2.05) is 53.3 Å². The Hall–Kier alpha value is -2.17. The Kier molecular flexibility index (Phi) is 3.50.